The fraction of sp³-hybridized carbons (Fsp3) is 0.459. The van der Waals surface area contributed by atoms with E-state index in [1.165, 1.54) is 16.4 Å². The highest BCUT2D eigenvalue weighted by atomic mass is 32.2. The van der Waals surface area contributed by atoms with Gasteiger partial charge in [0.2, 0.25) is 0 Å². The minimum atomic E-state index is -2.15. The lowest BCUT2D eigenvalue weighted by Crippen LogP contribution is -2.16. The molecule has 42 heavy (non-hydrogen) atoms. The standard InChI is InChI=1S/C13H20OS.C12H19P.C11H16OS.CH4/c1-10(2)12-8-6-7-9-13(12)15(5,14)11(3)4;1-10(2)11-8-6-7-9-12(11)13(3,4)5;1-4-13(12)11-8-6-5-7-10(11)9(2)3;/h6-11H,5H2,1-4H3;6-10H,3H2,1-2,4-5H3;5-9H,4H2,1-3H3;1H4. The third-order valence-electron chi connectivity index (χ3n) is 6.93. The Labute approximate surface area is 263 Å². The van der Waals surface area contributed by atoms with Crippen LogP contribution in [0.5, 0.6) is 0 Å². The van der Waals surface area contributed by atoms with E-state index in [9.17, 15) is 8.42 Å². The van der Waals surface area contributed by atoms with Crippen LogP contribution in [0.15, 0.2) is 82.6 Å². The Bertz CT molecular complexity index is 1410. The molecule has 0 saturated carbocycles. The average molecular weight is 631 g/mol. The summed E-state index contributed by atoms with van der Waals surface area (Å²) in [7, 11) is -2.98. The Kier molecular flexibility index (Phi) is 17.3. The van der Waals surface area contributed by atoms with Crippen LogP contribution in [-0.4, -0.2) is 44.9 Å². The van der Waals surface area contributed by atoms with Crippen molar-refractivity contribution < 1.29 is 8.42 Å². The van der Waals surface area contributed by atoms with Gasteiger partial charge in [0.1, 0.15) is 0 Å². The van der Waals surface area contributed by atoms with Gasteiger partial charge >= 0.3 is 0 Å². The normalized spacial score (nSPS) is 13.4. The summed E-state index contributed by atoms with van der Waals surface area (Å²) in [6, 6.07) is 24.6. The van der Waals surface area contributed by atoms with Gasteiger partial charge in [0, 0.05) is 20.8 Å². The third-order valence-corrected chi connectivity index (χ3v) is 12.7. The van der Waals surface area contributed by atoms with Crippen LogP contribution in [0.3, 0.4) is 0 Å². The molecule has 0 fully saturated rings. The lowest BCUT2D eigenvalue weighted by molar-refractivity contribution is 0.672. The van der Waals surface area contributed by atoms with E-state index in [2.05, 4.69) is 97.4 Å². The van der Waals surface area contributed by atoms with E-state index >= 15 is 0 Å². The molecule has 0 spiro atoms. The van der Waals surface area contributed by atoms with Crippen molar-refractivity contribution in [3.8, 4) is 0 Å². The molecule has 2 nitrogen and oxygen atoms in total. The minimum Gasteiger partial charge on any atom is -0.263 e. The maximum atomic E-state index is 12.5. The Morgan fingerprint density at radius 1 is 0.714 bits per heavy atom. The van der Waals surface area contributed by atoms with Gasteiger partial charge in [-0.05, 0) is 80.6 Å². The van der Waals surface area contributed by atoms with E-state index in [0.717, 1.165) is 15.4 Å². The summed E-state index contributed by atoms with van der Waals surface area (Å²) in [5.41, 5.74) is 3.84. The molecule has 2 atom stereocenters. The first-order valence-electron chi connectivity index (χ1n) is 14.7. The lowest BCUT2D eigenvalue weighted by atomic mass is 10.0. The smallest absolute Gasteiger partial charge is 0.0529 e. The fourth-order valence-electron chi connectivity index (χ4n) is 4.37. The van der Waals surface area contributed by atoms with Crippen LogP contribution in [0.2, 0.25) is 0 Å². The second-order valence-electron chi connectivity index (χ2n) is 12.2. The monoisotopic (exact) mass is 630 g/mol. The topological polar surface area (TPSA) is 34.1 Å². The predicted molar refractivity (Wildman–Crippen MR) is 199 cm³/mol. The van der Waals surface area contributed by atoms with Crippen molar-refractivity contribution in [3.05, 3.63) is 89.5 Å². The second kappa shape index (κ2) is 18.1. The highest BCUT2D eigenvalue weighted by Crippen LogP contribution is 2.37. The van der Waals surface area contributed by atoms with Gasteiger partial charge in [-0.25, -0.2) is 0 Å². The molecule has 3 rings (SSSR count). The average Bonchev–Trinajstić information content (AvgIpc) is 2.92. The van der Waals surface area contributed by atoms with Crippen LogP contribution < -0.4 is 5.30 Å². The molecule has 0 aliphatic rings. The highest BCUT2D eigenvalue weighted by Gasteiger charge is 2.17. The molecule has 3 aromatic rings. The molecular formula is C37H59O2PS2. The minimum absolute atomic E-state index is 0. The summed E-state index contributed by atoms with van der Waals surface area (Å²) < 4.78 is 24.2. The predicted octanol–water partition coefficient (Wildman–Crippen LogP) is 10.0. The molecule has 0 N–H and O–H groups in total. The van der Waals surface area contributed by atoms with Gasteiger partial charge in [-0.2, -0.15) is 0 Å². The lowest BCUT2D eigenvalue weighted by Gasteiger charge is -2.20. The third kappa shape index (κ3) is 11.7. The second-order valence-corrected chi connectivity index (χ2v) is 20.6. The molecule has 0 amide bonds. The summed E-state index contributed by atoms with van der Waals surface area (Å²) in [5, 5.41) is 1.56. The zero-order valence-electron chi connectivity index (χ0n) is 27.4. The number of rotatable bonds is 8. The van der Waals surface area contributed by atoms with E-state index in [0.29, 0.717) is 23.5 Å². The number of hydrogen-bond acceptors (Lipinski definition) is 2. The van der Waals surface area contributed by atoms with E-state index in [-0.39, 0.29) is 12.7 Å². The maximum Gasteiger partial charge on any atom is 0.0529 e. The van der Waals surface area contributed by atoms with Crippen molar-refractivity contribution in [1.82, 2.24) is 0 Å². The SMILES string of the molecule is C.C=P(C)(C)c1ccccc1C(C)C.C=S(=O)(c1ccccc1C(C)C)C(C)C.CCS(=O)c1ccccc1C(C)C. The molecule has 0 radical (unpaired) electrons. The first-order valence-corrected chi connectivity index (χ1v) is 20.6. The Balaban J connectivity index is 0.000000595. The van der Waals surface area contributed by atoms with Crippen molar-refractivity contribution >= 4 is 44.7 Å². The Morgan fingerprint density at radius 2 is 1.12 bits per heavy atom. The molecule has 0 saturated heterocycles. The van der Waals surface area contributed by atoms with Crippen molar-refractivity contribution in [2.24, 2.45) is 0 Å². The molecule has 236 valence electrons. The van der Waals surface area contributed by atoms with Crippen molar-refractivity contribution in [1.29, 1.82) is 0 Å². The van der Waals surface area contributed by atoms with Crippen LogP contribution in [-0.2, 0) is 20.3 Å². The van der Waals surface area contributed by atoms with Crippen LogP contribution in [0.4, 0.5) is 0 Å². The Morgan fingerprint density at radius 3 is 1.52 bits per heavy atom. The molecule has 0 aromatic heterocycles. The largest absolute Gasteiger partial charge is 0.263 e. The molecule has 3 aromatic carbocycles. The maximum absolute atomic E-state index is 12.5. The van der Waals surface area contributed by atoms with Gasteiger partial charge < -0.3 is 0 Å². The summed E-state index contributed by atoms with van der Waals surface area (Å²) >= 11 is 0. The van der Waals surface area contributed by atoms with Crippen molar-refractivity contribution in [3.63, 3.8) is 0 Å². The van der Waals surface area contributed by atoms with E-state index in [4.69, 9.17) is 0 Å². The van der Waals surface area contributed by atoms with Crippen LogP contribution in [0, 0.1) is 0 Å². The zero-order valence-corrected chi connectivity index (χ0v) is 30.0. The molecule has 0 aliphatic heterocycles. The van der Waals surface area contributed by atoms with Gasteiger partial charge in [-0.3, -0.25) is 8.42 Å². The van der Waals surface area contributed by atoms with Gasteiger partial charge in [0.05, 0.1) is 10.8 Å². The highest BCUT2D eigenvalue weighted by molar-refractivity contribution is 8.00. The van der Waals surface area contributed by atoms with Gasteiger partial charge in [0.15, 0.2) is 0 Å². The van der Waals surface area contributed by atoms with Gasteiger partial charge in [-0.15, -0.1) is 0 Å². The molecule has 0 heterocycles. The van der Waals surface area contributed by atoms with Crippen LogP contribution in [0.25, 0.3) is 0 Å². The summed E-state index contributed by atoms with van der Waals surface area (Å²) in [5.74, 6) is 6.06. The number of benzene rings is 3. The van der Waals surface area contributed by atoms with Crippen molar-refractivity contribution in [2.75, 3.05) is 19.1 Å². The van der Waals surface area contributed by atoms with Gasteiger partial charge in [-0.1, -0.05) is 144 Å². The quantitative estimate of drug-likeness (QED) is 0.183. The van der Waals surface area contributed by atoms with Crippen LogP contribution >= 0.6 is 6.89 Å². The molecule has 0 bridgehead atoms. The molecule has 0 aliphatic carbocycles. The first-order chi connectivity index (χ1) is 19.0. The number of hydrogen-bond donors (Lipinski definition) is 0. The van der Waals surface area contributed by atoms with Crippen molar-refractivity contribution in [2.45, 2.75) is 103 Å². The fourth-order valence-corrected chi connectivity index (χ4v) is 8.52. The van der Waals surface area contributed by atoms with E-state index in [1.54, 1.807) is 0 Å². The summed E-state index contributed by atoms with van der Waals surface area (Å²) in [6.07, 6.45) is 4.29. The Hall–Kier alpha value is -1.87. The molecule has 5 heteroatoms. The summed E-state index contributed by atoms with van der Waals surface area (Å²) in [6.45, 7) is 22.3. The van der Waals surface area contributed by atoms with E-state index in [1.807, 2.05) is 63.2 Å². The van der Waals surface area contributed by atoms with Gasteiger partial charge in [0.25, 0.3) is 0 Å². The zero-order chi connectivity index (χ0) is 31.5. The molecule has 2 unspecified atom stereocenters. The molecular weight excluding hydrogens is 572 g/mol. The summed E-state index contributed by atoms with van der Waals surface area (Å²) in [4.78, 5) is 1.93. The van der Waals surface area contributed by atoms with E-state index < -0.39 is 27.2 Å². The van der Waals surface area contributed by atoms with Crippen LogP contribution in [0.1, 0.15) is 104 Å². The first kappa shape index (κ1) is 40.1.